The molecule has 0 saturated heterocycles. The lowest BCUT2D eigenvalue weighted by Gasteiger charge is -2.09. The van der Waals surface area contributed by atoms with E-state index in [0.29, 0.717) is 5.75 Å². The van der Waals surface area contributed by atoms with Crippen LogP contribution >= 0.6 is 0 Å². The third-order valence-electron chi connectivity index (χ3n) is 2.81. The molecule has 1 atom stereocenters. The number of aliphatic hydroxyl groups is 1. The summed E-state index contributed by atoms with van der Waals surface area (Å²) in [6, 6.07) is 5.85. The molecule has 0 amide bonds. The summed E-state index contributed by atoms with van der Waals surface area (Å²) in [5.74, 6) is 0.698. The first kappa shape index (κ1) is 10.5. The van der Waals surface area contributed by atoms with Crippen molar-refractivity contribution in [1.82, 2.24) is 0 Å². The lowest BCUT2D eigenvalue weighted by molar-refractivity contribution is 0.0986. The topological polar surface area (TPSA) is 38.7 Å². The van der Waals surface area contributed by atoms with Gasteiger partial charge in [-0.05, 0) is 29.6 Å². The summed E-state index contributed by atoms with van der Waals surface area (Å²) in [5.41, 5.74) is 2.42. The van der Waals surface area contributed by atoms with E-state index in [1.807, 2.05) is 25.0 Å². The molecular weight excluding hydrogens is 191 g/mol. The van der Waals surface area contributed by atoms with E-state index >= 15 is 0 Å². The van der Waals surface area contributed by atoms with Crippen LogP contribution in [0.3, 0.4) is 0 Å². The van der Waals surface area contributed by atoms with Crippen molar-refractivity contribution in [2.45, 2.75) is 26.3 Å². The van der Waals surface area contributed by atoms with Gasteiger partial charge in [0.25, 0.3) is 0 Å². The third kappa shape index (κ3) is 1.87. The van der Waals surface area contributed by atoms with Crippen LogP contribution in [0.2, 0.25) is 6.82 Å². The van der Waals surface area contributed by atoms with Gasteiger partial charge >= 0.3 is 6.92 Å². The van der Waals surface area contributed by atoms with E-state index in [1.54, 1.807) is 0 Å². The van der Waals surface area contributed by atoms with E-state index in [-0.39, 0.29) is 19.8 Å². The summed E-state index contributed by atoms with van der Waals surface area (Å²) >= 11 is 0. The zero-order valence-corrected chi connectivity index (χ0v) is 9.06. The standard InChI is InChI=1S/C11H15BO3/c1-3-11-9-5-4-8(14-7-13)6-10(9)12(2)15-11/h4-6,11,13H,3,7H2,1-2H3. The minimum atomic E-state index is -0.286. The second-order valence-electron chi connectivity index (χ2n) is 3.74. The van der Waals surface area contributed by atoms with Crippen LogP contribution in [-0.4, -0.2) is 18.8 Å². The van der Waals surface area contributed by atoms with Crippen LogP contribution in [0.15, 0.2) is 18.2 Å². The molecule has 0 saturated carbocycles. The highest BCUT2D eigenvalue weighted by Gasteiger charge is 2.30. The molecule has 0 bridgehead atoms. The van der Waals surface area contributed by atoms with Crippen LogP contribution in [-0.2, 0) is 4.65 Å². The fourth-order valence-electron chi connectivity index (χ4n) is 2.07. The summed E-state index contributed by atoms with van der Waals surface area (Å²) < 4.78 is 10.8. The van der Waals surface area contributed by atoms with Crippen molar-refractivity contribution in [3.8, 4) is 5.75 Å². The Morgan fingerprint density at radius 3 is 3.00 bits per heavy atom. The van der Waals surface area contributed by atoms with Crippen molar-refractivity contribution in [2.75, 3.05) is 6.79 Å². The predicted molar refractivity (Wildman–Crippen MR) is 59.5 cm³/mol. The van der Waals surface area contributed by atoms with Gasteiger partial charge in [-0.25, -0.2) is 0 Å². The summed E-state index contributed by atoms with van der Waals surface area (Å²) in [4.78, 5) is 0. The first-order valence-electron chi connectivity index (χ1n) is 5.29. The minimum Gasteiger partial charge on any atom is -0.468 e. The number of hydrogen-bond donors (Lipinski definition) is 1. The Kier molecular flexibility index (Phi) is 2.98. The van der Waals surface area contributed by atoms with Gasteiger partial charge < -0.3 is 14.5 Å². The molecule has 15 heavy (non-hydrogen) atoms. The van der Waals surface area contributed by atoms with E-state index < -0.39 is 0 Å². The first-order valence-corrected chi connectivity index (χ1v) is 5.29. The molecule has 0 fully saturated rings. The number of rotatable bonds is 3. The molecule has 3 nitrogen and oxygen atoms in total. The van der Waals surface area contributed by atoms with Crippen molar-refractivity contribution in [2.24, 2.45) is 0 Å². The van der Waals surface area contributed by atoms with Gasteiger partial charge in [0.2, 0.25) is 0 Å². The van der Waals surface area contributed by atoms with Gasteiger partial charge in [0, 0.05) is 0 Å². The van der Waals surface area contributed by atoms with Gasteiger partial charge in [-0.3, -0.25) is 0 Å². The maximum Gasteiger partial charge on any atom is 0.324 e. The quantitative estimate of drug-likeness (QED) is 0.598. The number of aliphatic hydroxyl groups excluding tert-OH is 1. The van der Waals surface area contributed by atoms with Crippen molar-refractivity contribution in [3.05, 3.63) is 23.8 Å². The van der Waals surface area contributed by atoms with Gasteiger partial charge in [0.15, 0.2) is 6.79 Å². The Hall–Kier alpha value is -0.995. The average molecular weight is 206 g/mol. The number of benzene rings is 1. The van der Waals surface area contributed by atoms with Gasteiger partial charge in [-0.1, -0.05) is 19.8 Å². The van der Waals surface area contributed by atoms with Crippen LogP contribution in [0.1, 0.15) is 25.0 Å². The summed E-state index contributed by atoms with van der Waals surface area (Å²) in [6.07, 6.45) is 1.19. The molecule has 1 N–H and O–H groups in total. The SMILES string of the molecule is CCC1OB(C)c2cc(OCO)ccc21. The molecule has 0 radical (unpaired) electrons. The first-order chi connectivity index (χ1) is 7.26. The normalized spacial score (nSPS) is 19.1. The Labute approximate surface area is 90.1 Å². The predicted octanol–water partition coefficient (Wildman–Crippen LogP) is 1.32. The average Bonchev–Trinajstić information content (AvgIpc) is 2.56. The highest BCUT2D eigenvalue weighted by atomic mass is 16.6. The second kappa shape index (κ2) is 4.25. The molecule has 4 heteroatoms. The van der Waals surface area contributed by atoms with Crippen molar-refractivity contribution < 1.29 is 14.5 Å². The molecule has 1 heterocycles. The van der Waals surface area contributed by atoms with Crippen molar-refractivity contribution in [3.63, 3.8) is 0 Å². The van der Waals surface area contributed by atoms with Gasteiger partial charge in [0.05, 0.1) is 6.10 Å². The maximum atomic E-state index is 8.68. The third-order valence-corrected chi connectivity index (χ3v) is 2.81. The van der Waals surface area contributed by atoms with Crippen molar-refractivity contribution in [1.29, 1.82) is 0 Å². The summed E-state index contributed by atoms with van der Waals surface area (Å²) in [7, 11) is 0. The minimum absolute atomic E-state index is 0.118. The Bertz CT molecular complexity index is 354. The van der Waals surface area contributed by atoms with E-state index in [2.05, 4.69) is 6.92 Å². The van der Waals surface area contributed by atoms with Gasteiger partial charge in [-0.2, -0.15) is 0 Å². The molecular formula is C11H15BO3. The van der Waals surface area contributed by atoms with E-state index in [0.717, 1.165) is 6.42 Å². The van der Waals surface area contributed by atoms with Crippen LogP contribution in [0.4, 0.5) is 0 Å². The van der Waals surface area contributed by atoms with Crippen LogP contribution in [0.5, 0.6) is 5.75 Å². The van der Waals surface area contributed by atoms with Crippen LogP contribution < -0.4 is 10.2 Å². The smallest absolute Gasteiger partial charge is 0.324 e. The summed E-state index contributed by atoms with van der Waals surface area (Å²) in [5, 5.41) is 8.68. The lowest BCUT2D eigenvalue weighted by atomic mass is 9.64. The Morgan fingerprint density at radius 2 is 2.33 bits per heavy atom. The number of fused-ring (bicyclic) bond motifs is 1. The highest BCUT2D eigenvalue weighted by Crippen LogP contribution is 2.28. The monoisotopic (exact) mass is 206 g/mol. The Morgan fingerprint density at radius 1 is 1.53 bits per heavy atom. The highest BCUT2D eigenvalue weighted by molar-refractivity contribution is 6.67. The van der Waals surface area contributed by atoms with Crippen molar-refractivity contribution >= 4 is 12.4 Å². The van der Waals surface area contributed by atoms with E-state index in [4.69, 9.17) is 14.5 Å². The molecule has 1 aliphatic rings. The molecule has 0 aliphatic carbocycles. The molecule has 80 valence electrons. The molecule has 1 aromatic carbocycles. The Balaban J connectivity index is 2.32. The van der Waals surface area contributed by atoms with E-state index in [9.17, 15) is 0 Å². The molecule has 1 unspecified atom stereocenters. The molecule has 2 rings (SSSR count). The summed E-state index contributed by atoms with van der Waals surface area (Å²) in [6.45, 7) is 3.99. The van der Waals surface area contributed by atoms with E-state index in [1.165, 1.54) is 11.0 Å². The molecule has 1 aromatic rings. The number of ether oxygens (including phenoxy) is 1. The number of hydrogen-bond acceptors (Lipinski definition) is 3. The van der Waals surface area contributed by atoms with Gasteiger partial charge in [-0.15, -0.1) is 0 Å². The van der Waals surface area contributed by atoms with Gasteiger partial charge in [0.1, 0.15) is 5.75 Å². The zero-order valence-electron chi connectivity index (χ0n) is 9.06. The maximum absolute atomic E-state index is 8.68. The second-order valence-corrected chi connectivity index (χ2v) is 3.74. The fraction of sp³-hybridized carbons (Fsp3) is 0.455. The largest absolute Gasteiger partial charge is 0.468 e. The fourth-order valence-corrected chi connectivity index (χ4v) is 2.07. The molecule has 0 aromatic heterocycles. The molecule has 0 spiro atoms. The molecule has 1 aliphatic heterocycles. The van der Waals surface area contributed by atoms with Crippen LogP contribution in [0, 0.1) is 0 Å². The lowest BCUT2D eigenvalue weighted by Crippen LogP contribution is -2.24. The van der Waals surface area contributed by atoms with Crippen LogP contribution in [0.25, 0.3) is 0 Å². The zero-order chi connectivity index (χ0) is 10.8.